The van der Waals surface area contributed by atoms with E-state index in [1.807, 2.05) is 13.8 Å². The smallest absolute Gasteiger partial charge is 0.245 e. The van der Waals surface area contributed by atoms with Crippen molar-refractivity contribution in [3.8, 4) is 0 Å². The molecule has 0 aliphatic rings. The van der Waals surface area contributed by atoms with Gasteiger partial charge in [0.05, 0.1) is 0 Å². The number of carbonyl (C=O) groups excluding carboxylic acids is 2. The predicted molar refractivity (Wildman–Crippen MR) is 78.6 cm³/mol. The van der Waals surface area contributed by atoms with Gasteiger partial charge in [-0.05, 0) is 38.8 Å². The second-order valence-electron chi connectivity index (χ2n) is 5.34. The van der Waals surface area contributed by atoms with Crippen molar-refractivity contribution in [2.45, 2.75) is 32.2 Å². The topological polar surface area (TPSA) is 49.4 Å². The van der Waals surface area contributed by atoms with Crippen molar-refractivity contribution in [3.63, 3.8) is 0 Å². The lowest BCUT2D eigenvalue weighted by atomic mass is 9.94. The van der Waals surface area contributed by atoms with E-state index in [9.17, 15) is 9.59 Å². The van der Waals surface area contributed by atoms with Crippen molar-refractivity contribution in [1.29, 1.82) is 0 Å². The standard InChI is InChI=1S/C15H24N2O2/c1-7-13(18)16-15(3,4)11-12(2)9-8-10-14(19)17(5)6/h7-8,10H,1-2,9,11H2,3-6H3,(H,16,18)/b10-8+. The van der Waals surface area contributed by atoms with Crippen LogP contribution in [0.2, 0.25) is 0 Å². The van der Waals surface area contributed by atoms with Crippen molar-refractivity contribution >= 4 is 11.8 Å². The highest BCUT2D eigenvalue weighted by Gasteiger charge is 2.19. The Bertz CT molecular complexity index is 393. The highest BCUT2D eigenvalue weighted by Crippen LogP contribution is 2.17. The van der Waals surface area contributed by atoms with Crippen LogP contribution in [0.3, 0.4) is 0 Å². The fourth-order valence-corrected chi connectivity index (χ4v) is 1.60. The van der Waals surface area contributed by atoms with Crippen LogP contribution in [0, 0.1) is 0 Å². The second-order valence-corrected chi connectivity index (χ2v) is 5.34. The van der Waals surface area contributed by atoms with Gasteiger partial charge in [-0.25, -0.2) is 0 Å². The van der Waals surface area contributed by atoms with E-state index in [1.54, 1.807) is 20.2 Å². The van der Waals surface area contributed by atoms with Gasteiger partial charge in [0.2, 0.25) is 11.8 Å². The average Bonchev–Trinajstić information content (AvgIpc) is 2.26. The van der Waals surface area contributed by atoms with Gasteiger partial charge in [-0.3, -0.25) is 9.59 Å². The molecule has 0 unspecified atom stereocenters. The molecule has 0 saturated carbocycles. The second kappa shape index (κ2) is 7.56. The number of hydrogen-bond donors (Lipinski definition) is 1. The summed E-state index contributed by atoms with van der Waals surface area (Å²) >= 11 is 0. The van der Waals surface area contributed by atoms with Crippen LogP contribution < -0.4 is 5.32 Å². The Morgan fingerprint density at radius 3 is 2.37 bits per heavy atom. The van der Waals surface area contributed by atoms with E-state index in [0.717, 1.165) is 5.57 Å². The molecule has 19 heavy (non-hydrogen) atoms. The largest absolute Gasteiger partial charge is 0.347 e. The molecule has 0 aromatic heterocycles. The van der Waals surface area contributed by atoms with Crippen LogP contribution >= 0.6 is 0 Å². The Balaban J connectivity index is 4.27. The maximum atomic E-state index is 11.3. The summed E-state index contributed by atoms with van der Waals surface area (Å²) in [6.45, 7) is 11.2. The zero-order valence-corrected chi connectivity index (χ0v) is 12.3. The molecule has 0 aliphatic carbocycles. The molecule has 1 N–H and O–H groups in total. The van der Waals surface area contributed by atoms with Crippen LogP contribution in [-0.4, -0.2) is 36.3 Å². The molecular weight excluding hydrogens is 240 g/mol. The van der Waals surface area contributed by atoms with E-state index >= 15 is 0 Å². The minimum absolute atomic E-state index is 0.0491. The SMILES string of the molecule is C=CC(=O)NC(C)(C)CC(=C)C/C=C/C(=O)N(C)C. The lowest BCUT2D eigenvalue weighted by molar-refractivity contribution is -0.123. The van der Waals surface area contributed by atoms with E-state index in [-0.39, 0.29) is 17.4 Å². The Kier molecular flexibility index (Phi) is 6.83. The van der Waals surface area contributed by atoms with Crippen molar-refractivity contribution < 1.29 is 9.59 Å². The first-order valence-electron chi connectivity index (χ1n) is 6.17. The molecule has 2 amide bonds. The number of amides is 2. The molecule has 0 aromatic rings. The molecule has 0 aliphatic heterocycles. The van der Waals surface area contributed by atoms with Gasteiger partial charge in [0.25, 0.3) is 0 Å². The maximum absolute atomic E-state index is 11.3. The van der Waals surface area contributed by atoms with Gasteiger partial charge in [-0.1, -0.05) is 24.8 Å². The number of rotatable bonds is 7. The lowest BCUT2D eigenvalue weighted by Crippen LogP contribution is -2.42. The van der Waals surface area contributed by atoms with Crippen LogP contribution in [0.5, 0.6) is 0 Å². The van der Waals surface area contributed by atoms with Crippen LogP contribution in [0.15, 0.2) is 37.0 Å². The van der Waals surface area contributed by atoms with Crippen molar-refractivity contribution in [1.82, 2.24) is 10.2 Å². The van der Waals surface area contributed by atoms with Crippen LogP contribution in [0.4, 0.5) is 0 Å². The summed E-state index contributed by atoms with van der Waals surface area (Å²) in [5.74, 6) is -0.247. The highest BCUT2D eigenvalue weighted by atomic mass is 16.2. The number of likely N-dealkylation sites (N-methyl/N-ethyl adjacent to an activating group) is 1. The molecule has 0 saturated heterocycles. The first kappa shape index (κ1) is 17.2. The fourth-order valence-electron chi connectivity index (χ4n) is 1.60. The molecule has 0 atom stereocenters. The van der Waals surface area contributed by atoms with Gasteiger partial charge in [0.15, 0.2) is 0 Å². The van der Waals surface area contributed by atoms with E-state index in [0.29, 0.717) is 12.8 Å². The van der Waals surface area contributed by atoms with Crippen molar-refractivity contribution in [2.75, 3.05) is 14.1 Å². The molecule has 4 nitrogen and oxygen atoms in total. The van der Waals surface area contributed by atoms with Gasteiger partial charge in [0.1, 0.15) is 0 Å². The monoisotopic (exact) mass is 264 g/mol. The molecular formula is C15H24N2O2. The molecule has 0 spiro atoms. The number of carbonyl (C=O) groups is 2. The molecule has 0 radical (unpaired) electrons. The van der Waals surface area contributed by atoms with Gasteiger partial charge in [-0.2, -0.15) is 0 Å². The Hall–Kier alpha value is -1.84. The summed E-state index contributed by atoms with van der Waals surface area (Å²) < 4.78 is 0. The van der Waals surface area contributed by atoms with Crippen molar-refractivity contribution in [3.05, 3.63) is 37.0 Å². The quantitative estimate of drug-likeness (QED) is 0.565. The van der Waals surface area contributed by atoms with Crippen LogP contribution in [0.1, 0.15) is 26.7 Å². The minimum Gasteiger partial charge on any atom is -0.347 e. The third-order valence-corrected chi connectivity index (χ3v) is 2.45. The summed E-state index contributed by atoms with van der Waals surface area (Å²) in [7, 11) is 3.41. The fraction of sp³-hybridized carbons (Fsp3) is 0.467. The third-order valence-electron chi connectivity index (χ3n) is 2.45. The minimum atomic E-state index is -0.373. The van der Waals surface area contributed by atoms with Gasteiger partial charge in [-0.15, -0.1) is 0 Å². The molecule has 0 heterocycles. The molecule has 0 fully saturated rings. The number of nitrogens with one attached hydrogen (secondary N) is 1. The van der Waals surface area contributed by atoms with E-state index in [2.05, 4.69) is 18.5 Å². The van der Waals surface area contributed by atoms with Crippen LogP contribution in [0.25, 0.3) is 0 Å². The lowest BCUT2D eigenvalue weighted by Gasteiger charge is -2.26. The molecule has 0 aromatic carbocycles. The first-order chi connectivity index (χ1) is 8.68. The summed E-state index contributed by atoms with van der Waals surface area (Å²) in [4.78, 5) is 24.1. The average molecular weight is 264 g/mol. The van der Waals surface area contributed by atoms with Gasteiger partial charge < -0.3 is 10.2 Å². The number of allylic oxidation sites excluding steroid dienone is 1. The zero-order chi connectivity index (χ0) is 15.1. The van der Waals surface area contributed by atoms with Gasteiger partial charge >= 0.3 is 0 Å². The molecule has 0 rings (SSSR count). The van der Waals surface area contributed by atoms with E-state index in [1.165, 1.54) is 17.1 Å². The summed E-state index contributed by atoms with van der Waals surface area (Å²) in [6, 6.07) is 0. The predicted octanol–water partition coefficient (Wildman–Crippen LogP) is 2.05. The molecule has 106 valence electrons. The summed E-state index contributed by atoms with van der Waals surface area (Å²) in [5.41, 5.74) is 0.582. The summed E-state index contributed by atoms with van der Waals surface area (Å²) in [6.07, 6.45) is 5.83. The van der Waals surface area contributed by atoms with Gasteiger partial charge in [0, 0.05) is 19.6 Å². The number of nitrogens with zero attached hydrogens (tertiary/aromatic N) is 1. The zero-order valence-electron chi connectivity index (χ0n) is 12.3. The Labute approximate surface area is 115 Å². The first-order valence-corrected chi connectivity index (χ1v) is 6.17. The van der Waals surface area contributed by atoms with Crippen molar-refractivity contribution in [2.24, 2.45) is 0 Å². The molecule has 4 heteroatoms. The molecule has 0 bridgehead atoms. The van der Waals surface area contributed by atoms with E-state index < -0.39 is 0 Å². The Morgan fingerprint density at radius 2 is 1.89 bits per heavy atom. The maximum Gasteiger partial charge on any atom is 0.245 e. The highest BCUT2D eigenvalue weighted by molar-refractivity contribution is 5.87. The Morgan fingerprint density at radius 1 is 1.32 bits per heavy atom. The number of hydrogen-bond acceptors (Lipinski definition) is 2. The third kappa shape index (κ3) is 7.97. The normalized spacial score (nSPS) is 11.2. The van der Waals surface area contributed by atoms with Crippen LogP contribution in [-0.2, 0) is 9.59 Å². The van der Waals surface area contributed by atoms with E-state index in [4.69, 9.17) is 0 Å². The summed E-state index contributed by atoms with van der Waals surface area (Å²) in [5, 5.41) is 2.84.